The molecule has 0 aliphatic carbocycles. The largest absolute Gasteiger partial charge is 0.306 e. The Balaban J connectivity index is 2.23. The van der Waals surface area contributed by atoms with Crippen molar-refractivity contribution >= 4 is 12.6 Å². The summed E-state index contributed by atoms with van der Waals surface area (Å²) in [5, 5.41) is 3.73. The predicted octanol–water partition coefficient (Wildman–Crippen LogP) is 1.26. The molecule has 0 amide bonds. The van der Waals surface area contributed by atoms with Gasteiger partial charge in [0.15, 0.2) is 0 Å². The molecule has 0 radical (unpaired) electrons. The Morgan fingerprint density at radius 3 is 2.75 bits per heavy atom. The third kappa shape index (κ3) is 1.67. The van der Waals surface area contributed by atoms with Crippen LogP contribution in [0.3, 0.4) is 0 Å². The van der Waals surface area contributed by atoms with Crippen LogP contribution in [-0.2, 0) is 0 Å². The Morgan fingerprint density at radius 1 is 1.62 bits per heavy atom. The lowest BCUT2D eigenvalue weighted by Crippen LogP contribution is -2.33. The minimum Gasteiger partial charge on any atom is -0.306 e. The molecular formula is C6H13NS. The fourth-order valence-corrected chi connectivity index (χ4v) is 1.57. The third-order valence-corrected chi connectivity index (χ3v) is 2.04. The van der Waals surface area contributed by atoms with Gasteiger partial charge in [-0.1, -0.05) is 6.92 Å². The van der Waals surface area contributed by atoms with Crippen LogP contribution in [-0.4, -0.2) is 11.9 Å². The van der Waals surface area contributed by atoms with Gasteiger partial charge in [-0.3, -0.25) is 0 Å². The quantitative estimate of drug-likeness (QED) is 0.472. The first-order valence-electron chi connectivity index (χ1n) is 3.20. The molecule has 1 saturated heterocycles. The van der Waals surface area contributed by atoms with E-state index in [0.717, 1.165) is 12.5 Å². The Labute approximate surface area is 56.3 Å². The highest BCUT2D eigenvalue weighted by molar-refractivity contribution is 7.80. The average Bonchev–Trinajstić information content (AvgIpc) is 1.64. The van der Waals surface area contributed by atoms with Gasteiger partial charge in [0.25, 0.3) is 0 Å². The molecule has 0 saturated carbocycles. The van der Waals surface area contributed by atoms with Gasteiger partial charge in [0.2, 0.25) is 0 Å². The highest BCUT2D eigenvalue weighted by Crippen LogP contribution is 2.16. The zero-order valence-electron chi connectivity index (χ0n) is 5.22. The van der Waals surface area contributed by atoms with E-state index in [1.165, 1.54) is 12.8 Å². The molecule has 1 rings (SSSR count). The molecule has 1 aliphatic rings. The second-order valence-electron chi connectivity index (χ2n) is 2.60. The van der Waals surface area contributed by atoms with Crippen LogP contribution in [0.5, 0.6) is 0 Å². The Bertz CT molecular complexity index is 66.9. The standard InChI is InChI=1S/C6H13NS/c1-5-2-3-7-6(8)4-5/h5-8H,2-4H2,1H3. The molecular weight excluding hydrogens is 118 g/mol. The summed E-state index contributed by atoms with van der Waals surface area (Å²) in [5.41, 5.74) is 0. The van der Waals surface area contributed by atoms with E-state index in [9.17, 15) is 0 Å². The van der Waals surface area contributed by atoms with Crippen LogP contribution < -0.4 is 5.32 Å². The lowest BCUT2D eigenvalue weighted by molar-refractivity contribution is 0.383. The van der Waals surface area contributed by atoms with E-state index in [2.05, 4.69) is 24.9 Å². The average molecular weight is 131 g/mol. The van der Waals surface area contributed by atoms with Crippen molar-refractivity contribution in [1.82, 2.24) is 5.32 Å². The molecule has 2 atom stereocenters. The summed E-state index contributed by atoms with van der Waals surface area (Å²) >= 11 is 4.31. The SMILES string of the molecule is CC1CCNC(S)C1. The first-order valence-corrected chi connectivity index (χ1v) is 3.72. The molecule has 8 heavy (non-hydrogen) atoms. The number of rotatable bonds is 0. The second-order valence-corrected chi connectivity index (χ2v) is 3.22. The first-order chi connectivity index (χ1) is 3.79. The highest BCUT2D eigenvalue weighted by atomic mass is 32.1. The van der Waals surface area contributed by atoms with Gasteiger partial charge >= 0.3 is 0 Å². The number of hydrogen-bond acceptors (Lipinski definition) is 2. The first kappa shape index (κ1) is 6.43. The molecule has 0 bridgehead atoms. The van der Waals surface area contributed by atoms with Crippen molar-refractivity contribution in [3.05, 3.63) is 0 Å². The molecule has 0 aromatic rings. The van der Waals surface area contributed by atoms with Crippen molar-refractivity contribution < 1.29 is 0 Å². The summed E-state index contributed by atoms with van der Waals surface area (Å²) in [5.74, 6) is 0.874. The van der Waals surface area contributed by atoms with E-state index in [-0.39, 0.29) is 0 Å². The van der Waals surface area contributed by atoms with E-state index >= 15 is 0 Å². The van der Waals surface area contributed by atoms with E-state index in [4.69, 9.17) is 0 Å². The van der Waals surface area contributed by atoms with Gasteiger partial charge in [0, 0.05) is 0 Å². The van der Waals surface area contributed by atoms with Gasteiger partial charge in [0.05, 0.1) is 5.37 Å². The van der Waals surface area contributed by atoms with E-state index in [0.29, 0.717) is 5.37 Å². The molecule has 2 heteroatoms. The molecule has 1 fully saturated rings. The normalized spacial score (nSPS) is 39.8. The van der Waals surface area contributed by atoms with Gasteiger partial charge in [-0.2, -0.15) is 12.6 Å². The fourth-order valence-electron chi connectivity index (χ4n) is 1.08. The van der Waals surface area contributed by atoms with E-state index < -0.39 is 0 Å². The van der Waals surface area contributed by atoms with Crippen molar-refractivity contribution in [3.8, 4) is 0 Å². The van der Waals surface area contributed by atoms with Crippen molar-refractivity contribution in [3.63, 3.8) is 0 Å². The lowest BCUT2D eigenvalue weighted by Gasteiger charge is -2.23. The topological polar surface area (TPSA) is 12.0 Å². The number of thiol groups is 1. The minimum absolute atomic E-state index is 0.457. The molecule has 0 aromatic carbocycles. The summed E-state index contributed by atoms with van der Waals surface area (Å²) < 4.78 is 0. The van der Waals surface area contributed by atoms with Crippen molar-refractivity contribution in [1.29, 1.82) is 0 Å². The smallest absolute Gasteiger partial charge is 0.0504 e. The molecule has 2 unspecified atom stereocenters. The van der Waals surface area contributed by atoms with Crippen LogP contribution in [0.25, 0.3) is 0 Å². The van der Waals surface area contributed by atoms with Crippen molar-refractivity contribution in [2.75, 3.05) is 6.54 Å². The van der Waals surface area contributed by atoms with Gasteiger partial charge in [-0.05, 0) is 25.3 Å². The van der Waals surface area contributed by atoms with Gasteiger partial charge in [-0.25, -0.2) is 0 Å². The molecule has 1 N–H and O–H groups in total. The summed E-state index contributed by atoms with van der Waals surface area (Å²) in [7, 11) is 0. The highest BCUT2D eigenvalue weighted by Gasteiger charge is 2.13. The molecule has 48 valence electrons. The zero-order chi connectivity index (χ0) is 5.98. The van der Waals surface area contributed by atoms with Crippen molar-refractivity contribution in [2.45, 2.75) is 25.1 Å². The van der Waals surface area contributed by atoms with Crippen LogP contribution in [0.1, 0.15) is 19.8 Å². The monoisotopic (exact) mass is 131 g/mol. The molecule has 1 heterocycles. The number of hydrogen-bond donors (Lipinski definition) is 2. The molecule has 0 spiro atoms. The Morgan fingerprint density at radius 2 is 2.38 bits per heavy atom. The van der Waals surface area contributed by atoms with Crippen LogP contribution >= 0.6 is 12.6 Å². The van der Waals surface area contributed by atoms with Crippen LogP contribution in [0.2, 0.25) is 0 Å². The van der Waals surface area contributed by atoms with E-state index in [1.54, 1.807) is 0 Å². The predicted molar refractivity (Wildman–Crippen MR) is 39.2 cm³/mol. The summed E-state index contributed by atoms with van der Waals surface area (Å²) in [6.45, 7) is 3.43. The Kier molecular flexibility index (Phi) is 2.20. The van der Waals surface area contributed by atoms with Gasteiger partial charge in [-0.15, -0.1) is 0 Å². The molecule has 1 nitrogen and oxygen atoms in total. The van der Waals surface area contributed by atoms with Crippen LogP contribution in [0.4, 0.5) is 0 Å². The summed E-state index contributed by atoms with van der Waals surface area (Å²) in [6.07, 6.45) is 2.54. The summed E-state index contributed by atoms with van der Waals surface area (Å²) in [4.78, 5) is 0. The number of piperidine rings is 1. The Hall–Kier alpha value is 0.310. The van der Waals surface area contributed by atoms with E-state index in [1.807, 2.05) is 0 Å². The lowest BCUT2D eigenvalue weighted by atomic mass is 10.0. The number of nitrogens with one attached hydrogen (secondary N) is 1. The zero-order valence-corrected chi connectivity index (χ0v) is 6.12. The van der Waals surface area contributed by atoms with Crippen LogP contribution in [0, 0.1) is 5.92 Å². The maximum absolute atomic E-state index is 4.31. The maximum atomic E-state index is 4.31. The van der Waals surface area contributed by atoms with Crippen molar-refractivity contribution in [2.24, 2.45) is 5.92 Å². The maximum Gasteiger partial charge on any atom is 0.0504 e. The van der Waals surface area contributed by atoms with Crippen LogP contribution in [0.15, 0.2) is 0 Å². The second kappa shape index (κ2) is 2.74. The van der Waals surface area contributed by atoms with Gasteiger partial charge in [0.1, 0.15) is 0 Å². The fraction of sp³-hybridized carbons (Fsp3) is 1.00. The third-order valence-electron chi connectivity index (χ3n) is 1.64. The summed E-state index contributed by atoms with van der Waals surface area (Å²) in [6, 6.07) is 0. The minimum atomic E-state index is 0.457. The molecule has 1 aliphatic heterocycles. The molecule has 0 aromatic heterocycles. The van der Waals surface area contributed by atoms with Gasteiger partial charge < -0.3 is 5.32 Å².